The van der Waals surface area contributed by atoms with Crippen LogP contribution in [0.3, 0.4) is 0 Å². The van der Waals surface area contributed by atoms with Crippen molar-refractivity contribution in [1.82, 2.24) is 5.32 Å². The van der Waals surface area contributed by atoms with E-state index in [1.54, 1.807) is 13.2 Å². The van der Waals surface area contributed by atoms with Crippen LogP contribution in [0.1, 0.15) is 0 Å². The Morgan fingerprint density at radius 2 is 2.44 bits per heavy atom. The quantitative estimate of drug-likeness (QED) is 0.451. The first-order chi connectivity index (χ1) is 4.22. The molecular weight excluding hydrogens is 250 g/mol. The number of nitrogens with one attached hydrogen (secondary N) is 2. The van der Waals surface area contributed by atoms with E-state index in [0.717, 1.165) is 5.57 Å². The van der Waals surface area contributed by atoms with Gasteiger partial charge in [0.25, 0.3) is 0 Å². The first kappa shape index (κ1) is 9.23. The average molecular weight is 258 g/mol. The molecule has 0 saturated carbocycles. The van der Waals surface area contributed by atoms with E-state index in [2.05, 4.69) is 5.32 Å². The van der Waals surface area contributed by atoms with Crippen molar-refractivity contribution >= 4 is 37.9 Å². The lowest BCUT2D eigenvalue weighted by atomic mass is 10.4. The Labute approximate surface area is 73.3 Å². The number of alkyl halides is 1. The minimum absolute atomic E-state index is 0.391. The molecule has 0 atom stereocenters. The summed E-state index contributed by atoms with van der Waals surface area (Å²) in [5, 5.41) is 9.96. The molecule has 0 aliphatic carbocycles. The Morgan fingerprint density at radius 3 is 2.56 bits per heavy atom. The van der Waals surface area contributed by atoms with E-state index in [-0.39, 0.29) is 0 Å². The Morgan fingerprint density at radius 1 is 1.89 bits per heavy atom. The second kappa shape index (κ2) is 5.05. The molecule has 0 aromatic heterocycles. The van der Waals surface area contributed by atoms with Gasteiger partial charge in [-0.2, -0.15) is 0 Å². The third kappa shape index (κ3) is 3.75. The van der Waals surface area contributed by atoms with Crippen LogP contribution in [-0.2, 0) is 0 Å². The molecule has 0 saturated heterocycles. The van der Waals surface area contributed by atoms with Gasteiger partial charge in [0.2, 0.25) is 0 Å². The van der Waals surface area contributed by atoms with Gasteiger partial charge in [0.05, 0.1) is 9.60 Å². The minimum atomic E-state index is 0.391. The van der Waals surface area contributed by atoms with Crippen LogP contribution in [0.25, 0.3) is 0 Å². The van der Waals surface area contributed by atoms with Crippen LogP contribution >= 0.6 is 34.2 Å². The molecule has 9 heavy (non-hydrogen) atoms. The molecule has 0 radical (unpaired) electrons. The first-order valence-electron chi connectivity index (χ1n) is 2.39. The summed E-state index contributed by atoms with van der Waals surface area (Å²) in [6, 6.07) is 0. The van der Waals surface area contributed by atoms with E-state index in [0.29, 0.717) is 9.60 Å². The maximum atomic E-state index is 7.15. The minimum Gasteiger partial charge on any atom is -0.394 e. The largest absolute Gasteiger partial charge is 0.394 e. The lowest BCUT2D eigenvalue weighted by Gasteiger charge is -1.96. The molecule has 2 N–H and O–H groups in total. The van der Waals surface area contributed by atoms with E-state index in [1.165, 1.54) is 0 Å². The Balaban J connectivity index is 3.98. The molecule has 4 heteroatoms. The molecule has 52 valence electrons. The molecule has 2 nitrogen and oxygen atoms in total. The van der Waals surface area contributed by atoms with Crippen LogP contribution in [-0.4, -0.2) is 16.6 Å². The van der Waals surface area contributed by atoms with Crippen LogP contribution < -0.4 is 5.32 Å². The SMILES string of the molecule is CN/C=C(/CCl)C(=N)I. The Kier molecular flexibility index (Phi) is 5.18. The maximum absolute atomic E-state index is 7.15. The lowest BCUT2D eigenvalue weighted by molar-refractivity contribution is 1.09. The normalized spacial score (nSPS) is 11.2. The van der Waals surface area contributed by atoms with Gasteiger partial charge >= 0.3 is 0 Å². The van der Waals surface area contributed by atoms with Gasteiger partial charge in [0.1, 0.15) is 0 Å². The summed E-state index contributed by atoms with van der Waals surface area (Å²) >= 11 is 7.41. The van der Waals surface area contributed by atoms with Crippen LogP contribution in [0.4, 0.5) is 0 Å². The molecule has 0 aliphatic rings. The number of rotatable bonds is 3. The van der Waals surface area contributed by atoms with Crippen molar-refractivity contribution in [1.29, 1.82) is 5.41 Å². The fourth-order valence-electron chi connectivity index (χ4n) is 0.335. The van der Waals surface area contributed by atoms with Crippen LogP contribution in [0.5, 0.6) is 0 Å². The fraction of sp³-hybridized carbons (Fsp3) is 0.400. The summed E-state index contributed by atoms with van der Waals surface area (Å²) < 4.78 is 0.483. The molecule has 0 aromatic rings. The Bertz CT molecular complexity index is 133. The summed E-state index contributed by atoms with van der Waals surface area (Å²) in [7, 11) is 1.78. The van der Waals surface area contributed by atoms with Crippen molar-refractivity contribution in [2.24, 2.45) is 0 Å². The summed E-state index contributed by atoms with van der Waals surface area (Å²) in [6.07, 6.45) is 1.72. The number of hydrogen-bond acceptors (Lipinski definition) is 2. The Hall–Kier alpha value is 0.230. The molecule has 0 rings (SSSR count). The molecule has 0 unspecified atom stereocenters. The van der Waals surface area contributed by atoms with Crippen LogP contribution in [0, 0.1) is 5.41 Å². The smallest absolute Gasteiger partial charge is 0.0978 e. The fourth-order valence-corrected chi connectivity index (χ4v) is 1.12. The molecule has 0 bridgehead atoms. The van der Waals surface area contributed by atoms with Crippen molar-refractivity contribution in [3.05, 3.63) is 11.8 Å². The average Bonchev–Trinajstić information content (AvgIpc) is 1.82. The van der Waals surface area contributed by atoms with Crippen molar-refractivity contribution in [3.8, 4) is 0 Å². The molecule has 0 fully saturated rings. The second-order valence-corrected chi connectivity index (χ2v) is 2.75. The maximum Gasteiger partial charge on any atom is 0.0978 e. The molecule has 0 aromatic carbocycles. The monoisotopic (exact) mass is 258 g/mol. The standard InChI is InChI=1S/C5H8ClIN2/c1-9-3-4(2-6)5(7)8/h3,8-9H,2H2,1H3/b4-3-,8-5?. The summed E-state index contributed by atoms with van der Waals surface area (Å²) in [6.45, 7) is 0. The van der Waals surface area contributed by atoms with E-state index < -0.39 is 0 Å². The summed E-state index contributed by atoms with van der Waals surface area (Å²) in [4.78, 5) is 0. The highest BCUT2D eigenvalue weighted by Gasteiger charge is 1.96. The lowest BCUT2D eigenvalue weighted by Crippen LogP contribution is -2.01. The van der Waals surface area contributed by atoms with Gasteiger partial charge < -0.3 is 5.32 Å². The van der Waals surface area contributed by atoms with Crippen LogP contribution in [0.2, 0.25) is 0 Å². The predicted octanol–water partition coefficient (Wildman–Crippen LogP) is 1.74. The van der Waals surface area contributed by atoms with Gasteiger partial charge in [-0.3, -0.25) is 5.41 Å². The van der Waals surface area contributed by atoms with Crippen molar-refractivity contribution in [3.63, 3.8) is 0 Å². The zero-order valence-corrected chi connectivity index (χ0v) is 7.95. The van der Waals surface area contributed by atoms with Crippen molar-refractivity contribution < 1.29 is 0 Å². The topological polar surface area (TPSA) is 35.9 Å². The van der Waals surface area contributed by atoms with Gasteiger partial charge in [-0.05, 0) is 22.6 Å². The summed E-state index contributed by atoms with van der Waals surface area (Å²) in [5.41, 5.74) is 0.819. The van der Waals surface area contributed by atoms with E-state index in [4.69, 9.17) is 17.0 Å². The highest BCUT2D eigenvalue weighted by atomic mass is 127. The van der Waals surface area contributed by atoms with E-state index in [1.807, 2.05) is 22.6 Å². The van der Waals surface area contributed by atoms with E-state index in [9.17, 15) is 0 Å². The third-order valence-corrected chi connectivity index (χ3v) is 1.73. The highest BCUT2D eigenvalue weighted by Crippen LogP contribution is 2.03. The zero-order chi connectivity index (χ0) is 7.28. The van der Waals surface area contributed by atoms with Gasteiger partial charge in [-0.1, -0.05) is 0 Å². The van der Waals surface area contributed by atoms with Crippen molar-refractivity contribution in [2.75, 3.05) is 12.9 Å². The third-order valence-electron chi connectivity index (χ3n) is 0.744. The molecule has 0 aliphatic heterocycles. The van der Waals surface area contributed by atoms with Gasteiger partial charge in [0.15, 0.2) is 0 Å². The first-order valence-corrected chi connectivity index (χ1v) is 4.00. The number of halogens is 2. The highest BCUT2D eigenvalue weighted by molar-refractivity contribution is 14.1. The number of hydrogen-bond donors (Lipinski definition) is 2. The number of allylic oxidation sites excluding steroid dienone is 1. The van der Waals surface area contributed by atoms with E-state index >= 15 is 0 Å². The van der Waals surface area contributed by atoms with Gasteiger partial charge in [0, 0.05) is 18.8 Å². The predicted molar refractivity (Wildman–Crippen MR) is 49.6 cm³/mol. The zero-order valence-electron chi connectivity index (χ0n) is 5.04. The summed E-state index contributed by atoms with van der Waals surface area (Å²) in [5.74, 6) is 0.391. The molecule has 0 amide bonds. The van der Waals surface area contributed by atoms with Crippen LogP contribution in [0.15, 0.2) is 11.8 Å². The second-order valence-electron chi connectivity index (χ2n) is 1.41. The van der Waals surface area contributed by atoms with Gasteiger partial charge in [-0.15, -0.1) is 11.6 Å². The van der Waals surface area contributed by atoms with Crippen molar-refractivity contribution in [2.45, 2.75) is 0 Å². The molecule has 0 heterocycles. The molecule has 0 spiro atoms. The van der Waals surface area contributed by atoms with Gasteiger partial charge in [-0.25, -0.2) is 0 Å². The molecular formula is C5H8ClIN2.